The zero-order valence-electron chi connectivity index (χ0n) is 20.0. The summed E-state index contributed by atoms with van der Waals surface area (Å²) in [5, 5.41) is 9.37. The Kier molecular flexibility index (Phi) is 8.67. The van der Waals surface area contributed by atoms with E-state index in [1.54, 1.807) is 4.90 Å². The Bertz CT molecular complexity index is 940. The Hall–Kier alpha value is -2.67. The van der Waals surface area contributed by atoms with Gasteiger partial charge in [-0.15, -0.1) is 10.2 Å². The third-order valence-corrected chi connectivity index (χ3v) is 6.19. The van der Waals surface area contributed by atoms with Gasteiger partial charge in [0.25, 0.3) is 0 Å². The lowest BCUT2D eigenvalue weighted by Crippen LogP contribution is -2.52. The summed E-state index contributed by atoms with van der Waals surface area (Å²) in [5.74, 6) is 1.20. The van der Waals surface area contributed by atoms with Crippen molar-refractivity contribution in [1.29, 1.82) is 0 Å². The van der Waals surface area contributed by atoms with Gasteiger partial charge in [-0.3, -0.25) is 9.59 Å². The van der Waals surface area contributed by atoms with Crippen molar-refractivity contribution in [2.75, 3.05) is 44.2 Å². The molecular weight excluding hydrogens is 438 g/mol. The number of rotatable bonds is 8. The number of anilines is 1. The van der Waals surface area contributed by atoms with Crippen molar-refractivity contribution >= 4 is 29.2 Å². The quantitative estimate of drug-likeness (QED) is 0.582. The standard InChI is InChI=1S/C25H34ClN5O2/c1-18(2)11-12-31(25(33)19(3)4)17-24(32)30-15-13-29(14-16-30)23-10-9-22(27-28-23)20-7-5-6-8-21(20)26/h5-10,18-19H,11-17H2,1-4H3. The molecular formula is C25H34ClN5O2. The van der Waals surface area contributed by atoms with Gasteiger partial charge >= 0.3 is 0 Å². The minimum Gasteiger partial charge on any atom is -0.352 e. The summed E-state index contributed by atoms with van der Waals surface area (Å²) in [7, 11) is 0. The van der Waals surface area contributed by atoms with Crippen LogP contribution in [0.5, 0.6) is 0 Å². The van der Waals surface area contributed by atoms with E-state index in [9.17, 15) is 9.59 Å². The van der Waals surface area contributed by atoms with E-state index < -0.39 is 0 Å². The van der Waals surface area contributed by atoms with Crippen molar-refractivity contribution in [3.05, 3.63) is 41.4 Å². The molecule has 0 atom stereocenters. The van der Waals surface area contributed by atoms with Crippen LogP contribution < -0.4 is 4.90 Å². The average molecular weight is 472 g/mol. The van der Waals surface area contributed by atoms with Gasteiger partial charge in [0.05, 0.1) is 17.3 Å². The molecule has 2 heterocycles. The molecule has 0 unspecified atom stereocenters. The molecule has 1 saturated heterocycles. The van der Waals surface area contributed by atoms with E-state index in [1.807, 2.05) is 55.1 Å². The number of aromatic nitrogens is 2. The predicted molar refractivity (Wildman–Crippen MR) is 132 cm³/mol. The van der Waals surface area contributed by atoms with Crippen molar-refractivity contribution in [1.82, 2.24) is 20.0 Å². The van der Waals surface area contributed by atoms with Crippen LogP contribution in [0.15, 0.2) is 36.4 Å². The minimum atomic E-state index is -0.117. The fraction of sp³-hybridized carbons (Fsp3) is 0.520. The van der Waals surface area contributed by atoms with Crippen molar-refractivity contribution in [3.8, 4) is 11.3 Å². The Morgan fingerprint density at radius 2 is 1.70 bits per heavy atom. The third-order valence-electron chi connectivity index (χ3n) is 5.86. The zero-order valence-corrected chi connectivity index (χ0v) is 20.8. The number of carbonyl (C=O) groups excluding carboxylic acids is 2. The van der Waals surface area contributed by atoms with Crippen LogP contribution in [-0.4, -0.2) is 71.1 Å². The number of carbonyl (C=O) groups is 2. The Balaban J connectivity index is 1.56. The molecule has 0 aliphatic carbocycles. The van der Waals surface area contributed by atoms with Crippen LogP contribution >= 0.6 is 11.6 Å². The van der Waals surface area contributed by atoms with Gasteiger partial charge in [-0.05, 0) is 30.5 Å². The largest absolute Gasteiger partial charge is 0.352 e. The lowest BCUT2D eigenvalue weighted by atomic mass is 10.1. The average Bonchev–Trinajstić information content (AvgIpc) is 2.81. The number of piperazine rings is 1. The predicted octanol–water partition coefficient (Wildman–Crippen LogP) is 3.98. The summed E-state index contributed by atoms with van der Waals surface area (Å²) in [5.41, 5.74) is 1.58. The van der Waals surface area contributed by atoms with Crippen molar-refractivity contribution in [2.45, 2.75) is 34.1 Å². The van der Waals surface area contributed by atoms with Crippen LogP contribution in [0.25, 0.3) is 11.3 Å². The van der Waals surface area contributed by atoms with Gasteiger partial charge in [0.15, 0.2) is 5.82 Å². The third kappa shape index (κ3) is 6.67. The zero-order chi connectivity index (χ0) is 24.0. The number of amides is 2. The number of nitrogens with zero attached hydrogens (tertiary/aromatic N) is 5. The van der Waals surface area contributed by atoms with E-state index in [2.05, 4.69) is 28.9 Å². The first-order valence-electron chi connectivity index (χ1n) is 11.7. The molecule has 7 nitrogen and oxygen atoms in total. The van der Waals surface area contributed by atoms with Gasteiger partial charge in [0.2, 0.25) is 11.8 Å². The maximum absolute atomic E-state index is 12.9. The second kappa shape index (κ2) is 11.5. The van der Waals surface area contributed by atoms with E-state index in [1.165, 1.54) is 0 Å². The molecule has 0 saturated carbocycles. The second-order valence-corrected chi connectivity index (χ2v) is 9.63. The molecule has 33 heavy (non-hydrogen) atoms. The molecule has 0 bridgehead atoms. The molecule has 1 aromatic carbocycles. The SMILES string of the molecule is CC(C)CCN(CC(=O)N1CCN(c2ccc(-c3ccccc3Cl)nn2)CC1)C(=O)C(C)C. The lowest BCUT2D eigenvalue weighted by molar-refractivity contribution is -0.142. The highest BCUT2D eigenvalue weighted by Crippen LogP contribution is 2.26. The first-order valence-corrected chi connectivity index (χ1v) is 12.0. The molecule has 178 valence electrons. The Morgan fingerprint density at radius 1 is 1.00 bits per heavy atom. The van der Waals surface area contributed by atoms with E-state index in [4.69, 9.17) is 11.6 Å². The molecule has 2 amide bonds. The first-order chi connectivity index (χ1) is 15.8. The van der Waals surface area contributed by atoms with Gasteiger partial charge in [0, 0.05) is 44.2 Å². The van der Waals surface area contributed by atoms with Crippen molar-refractivity contribution < 1.29 is 9.59 Å². The monoisotopic (exact) mass is 471 g/mol. The molecule has 8 heteroatoms. The first kappa shape index (κ1) is 25.0. The highest BCUT2D eigenvalue weighted by Gasteiger charge is 2.26. The summed E-state index contributed by atoms with van der Waals surface area (Å²) < 4.78 is 0. The lowest BCUT2D eigenvalue weighted by Gasteiger charge is -2.36. The number of hydrogen-bond acceptors (Lipinski definition) is 5. The van der Waals surface area contributed by atoms with Crippen LogP contribution in [0.2, 0.25) is 5.02 Å². The smallest absolute Gasteiger partial charge is 0.242 e. The molecule has 0 N–H and O–H groups in total. The number of halogens is 1. The summed E-state index contributed by atoms with van der Waals surface area (Å²) in [4.78, 5) is 31.2. The van der Waals surface area contributed by atoms with E-state index in [0.717, 1.165) is 23.5 Å². The van der Waals surface area contributed by atoms with Crippen LogP contribution in [0.4, 0.5) is 5.82 Å². The molecule has 0 spiro atoms. The molecule has 1 aliphatic heterocycles. The summed E-state index contributed by atoms with van der Waals surface area (Å²) >= 11 is 6.26. The molecule has 1 aliphatic rings. The minimum absolute atomic E-state index is 0.00700. The van der Waals surface area contributed by atoms with Crippen LogP contribution in [0.3, 0.4) is 0 Å². The fourth-order valence-corrected chi connectivity index (χ4v) is 4.03. The van der Waals surface area contributed by atoms with E-state index in [-0.39, 0.29) is 24.3 Å². The van der Waals surface area contributed by atoms with Gasteiger partial charge in [-0.1, -0.05) is 57.5 Å². The molecule has 1 fully saturated rings. The molecule has 1 aromatic heterocycles. The second-order valence-electron chi connectivity index (χ2n) is 9.22. The Morgan fingerprint density at radius 3 is 2.27 bits per heavy atom. The highest BCUT2D eigenvalue weighted by molar-refractivity contribution is 6.33. The summed E-state index contributed by atoms with van der Waals surface area (Å²) in [6.07, 6.45) is 0.891. The van der Waals surface area contributed by atoms with E-state index in [0.29, 0.717) is 43.7 Å². The Labute approximate surface area is 201 Å². The maximum atomic E-state index is 12.9. The topological polar surface area (TPSA) is 69.6 Å². The molecule has 3 rings (SSSR count). The van der Waals surface area contributed by atoms with Crippen LogP contribution in [0.1, 0.15) is 34.1 Å². The summed E-state index contributed by atoms with van der Waals surface area (Å²) in [6.45, 7) is 11.3. The highest BCUT2D eigenvalue weighted by atomic mass is 35.5. The van der Waals surface area contributed by atoms with Gasteiger partial charge < -0.3 is 14.7 Å². The number of benzene rings is 1. The normalized spacial score (nSPS) is 14.2. The van der Waals surface area contributed by atoms with E-state index >= 15 is 0 Å². The van der Waals surface area contributed by atoms with Gasteiger partial charge in [-0.2, -0.15) is 0 Å². The van der Waals surface area contributed by atoms with Gasteiger partial charge in [0.1, 0.15) is 0 Å². The van der Waals surface area contributed by atoms with Crippen LogP contribution in [-0.2, 0) is 9.59 Å². The fourth-order valence-electron chi connectivity index (χ4n) is 3.80. The molecule has 2 aromatic rings. The maximum Gasteiger partial charge on any atom is 0.242 e. The van der Waals surface area contributed by atoms with Crippen molar-refractivity contribution in [2.24, 2.45) is 11.8 Å². The summed E-state index contributed by atoms with van der Waals surface area (Å²) in [6, 6.07) is 11.4. The molecule has 0 radical (unpaired) electrons. The number of hydrogen-bond donors (Lipinski definition) is 0. The van der Waals surface area contributed by atoms with Crippen molar-refractivity contribution in [3.63, 3.8) is 0 Å². The van der Waals surface area contributed by atoms with Crippen LogP contribution in [0, 0.1) is 11.8 Å². The van der Waals surface area contributed by atoms with Gasteiger partial charge in [-0.25, -0.2) is 0 Å².